The van der Waals surface area contributed by atoms with Crippen molar-refractivity contribution in [2.45, 2.75) is 18.4 Å². The van der Waals surface area contributed by atoms with E-state index in [0.717, 1.165) is 23.6 Å². The second-order valence-corrected chi connectivity index (χ2v) is 8.89. The Morgan fingerprint density at radius 3 is 2.38 bits per heavy atom. The lowest BCUT2D eigenvalue weighted by Gasteiger charge is -2.38. The van der Waals surface area contributed by atoms with E-state index in [-0.39, 0.29) is 12.4 Å². The molecular formula is C23H26ClNO3S. The number of halogens is 1. The lowest BCUT2D eigenvalue weighted by atomic mass is 9.84. The van der Waals surface area contributed by atoms with Crippen LogP contribution in [0.1, 0.15) is 28.8 Å². The van der Waals surface area contributed by atoms with Gasteiger partial charge in [-0.25, -0.2) is 0 Å². The number of allylic oxidation sites excluding steroid dienone is 1. The number of carbonyl (C=O) groups is 1. The van der Waals surface area contributed by atoms with Gasteiger partial charge in [0.15, 0.2) is 5.78 Å². The second-order valence-electron chi connectivity index (χ2n) is 7.23. The van der Waals surface area contributed by atoms with Crippen molar-refractivity contribution in [3.63, 3.8) is 0 Å². The van der Waals surface area contributed by atoms with Crippen molar-refractivity contribution in [3.05, 3.63) is 81.7 Å². The molecule has 0 atom stereocenters. The maximum absolute atomic E-state index is 12.6. The number of hydrogen-bond donors (Lipinski definition) is 2. The van der Waals surface area contributed by atoms with E-state index in [1.807, 2.05) is 42.5 Å². The lowest BCUT2D eigenvalue weighted by molar-refractivity contribution is -0.0235. The fraction of sp³-hybridized carbons (Fsp3) is 0.348. The van der Waals surface area contributed by atoms with Gasteiger partial charge in [-0.05, 0) is 36.6 Å². The molecule has 1 aliphatic heterocycles. The summed E-state index contributed by atoms with van der Waals surface area (Å²) < 4.78 is 0. The van der Waals surface area contributed by atoms with Gasteiger partial charge in [0.05, 0.1) is 12.2 Å². The minimum Gasteiger partial charge on any atom is -0.396 e. The van der Waals surface area contributed by atoms with Crippen molar-refractivity contribution < 1.29 is 15.0 Å². The highest BCUT2D eigenvalue weighted by atomic mass is 35.5. The Balaban J connectivity index is 1.64. The minimum atomic E-state index is -0.844. The molecule has 1 fully saturated rings. The zero-order valence-electron chi connectivity index (χ0n) is 16.3. The molecule has 0 radical (unpaired) electrons. The molecule has 0 amide bonds. The van der Waals surface area contributed by atoms with Gasteiger partial charge in [-0.1, -0.05) is 54.1 Å². The maximum atomic E-state index is 12.6. The smallest absolute Gasteiger partial charge is 0.186 e. The average Bonchev–Trinajstić information content (AvgIpc) is 2.74. The van der Waals surface area contributed by atoms with Crippen LogP contribution >= 0.6 is 23.4 Å². The molecule has 0 bridgehead atoms. The van der Waals surface area contributed by atoms with Gasteiger partial charge in [0.1, 0.15) is 0 Å². The van der Waals surface area contributed by atoms with Crippen LogP contribution in [0.4, 0.5) is 0 Å². The minimum absolute atomic E-state index is 0.0271. The van der Waals surface area contributed by atoms with E-state index in [1.54, 1.807) is 18.2 Å². The third-order valence-corrected chi connectivity index (χ3v) is 6.43. The van der Waals surface area contributed by atoms with Gasteiger partial charge in [-0.15, -0.1) is 11.8 Å². The summed E-state index contributed by atoms with van der Waals surface area (Å²) in [6, 6.07) is 16.6. The zero-order chi connectivity index (χ0) is 20.7. The van der Waals surface area contributed by atoms with Crippen LogP contribution in [0.15, 0.2) is 65.6 Å². The van der Waals surface area contributed by atoms with Crippen LogP contribution in [-0.2, 0) is 5.60 Å². The predicted molar refractivity (Wildman–Crippen MR) is 119 cm³/mol. The molecule has 1 saturated heterocycles. The summed E-state index contributed by atoms with van der Waals surface area (Å²) in [4.78, 5) is 15.7. The molecule has 1 heterocycles. The van der Waals surface area contributed by atoms with Crippen molar-refractivity contribution in [2.24, 2.45) is 0 Å². The first-order valence-electron chi connectivity index (χ1n) is 9.74. The van der Waals surface area contributed by atoms with Gasteiger partial charge < -0.3 is 10.2 Å². The molecule has 4 nitrogen and oxygen atoms in total. The highest BCUT2D eigenvalue weighted by Gasteiger charge is 2.34. The largest absolute Gasteiger partial charge is 0.396 e. The van der Waals surface area contributed by atoms with E-state index in [1.165, 1.54) is 11.8 Å². The highest BCUT2D eigenvalue weighted by molar-refractivity contribution is 8.03. The number of aliphatic hydroxyl groups excluding tert-OH is 1. The molecule has 2 aromatic rings. The van der Waals surface area contributed by atoms with Crippen molar-refractivity contribution in [1.82, 2.24) is 4.90 Å². The lowest BCUT2D eigenvalue weighted by Crippen LogP contribution is -2.43. The molecule has 0 aromatic heterocycles. The standard InChI is InChI=1S/C23H26ClNO3S/c24-20-8-6-19(7-9-20)23(28)10-12-25(13-11-23)17-21(29-15-14-26)16-22(27)18-4-2-1-3-5-18/h1-9,16,26,28H,10-15,17H2. The van der Waals surface area contributed by atoms with Gasteiger partial charge in [0.25, 0.3) is 0 Å². The summed E-state index contributed by atoms with van der Waals surface area (Å²) in [7, 11) is 0. The molecule has 2 N–H and O–H groups in total. The van der Waals surface area contributed by atoms with Crippen molar-refractivity contribution in [2.75, 3.05) is 32.0 Å². The van der Waals surface area contributed by atoms with E-state index in [9.17, 15) is 15.0 Å². The molecule has 154 valence electrons. The van der Waals surface area contributed by atoms with Gasteiger partial charge in [0, 0.05) is 40.9 Å². The van der Waals surface area contributed by atoms with Crippen molar-refractivity contribution >= 4 is 29.1 Å². The van der Waals surface area contributed by atoms with Crippen LogP contribution in [0, 0.1) is 0 Å². The summed E-state index contributed by atoms with van der Waals surface area (Å²) in [5.41, 5.74) is 0.708. The van der Waals surface area contributed by atoms with Gasteiger partial charge >= 0.3 is 0 Å². The maximum Gasteiger partial charge on any atom is 0.186 e. The third-order valence-electron chi connectivity index (χ3n) is 5.17. The van der Waals surface area contributed by atoms with Gasteiger partial charge in [-0.3, -0.25) is 9.69 Å². The molecule has 2 aromatic carbocycles. The third kappa shape index (κ3) is 6.17. The number of aliphatic hydroxyl groups is 2. The van der Waals surface area contributed by atoms with Crippen LogP contribution in [0.25, 0.3) is 0 Å². The topological polar surface area (TPSA) is 60.8 Å². The number of carbonyl (C=O) groups excluding carboxylic acids is 1. The fourth-order valence-electron chi connectivity index (χ4n) is 3.49. The van der Waals surface area contributed by atoms with Crippen LogP contribution in [0.2, 0.25) is 5.02 Å². The Bertz CT molecular complexity index is 831. The molecule has 0 saturated carbocycles. The number of nitrogens with zero attached hydrogens (tertiary/aromatic N) is 1. The van der Waals surface area contributed by atoms with Crippen LogP contribution in [0.3, 0.4) is 0 Å². The average molecular weight is 432 g/mol. The van der Waals surface area contributed by atoms with E-state index >= 15 is 0 Å². The molecular weight excluding hydrogens is 406 g/mol. The predicted octanol–water partition coefficient (Wildman–Crippen LogP) is 4.12. The Morgan fingerprint density at radius 2 is 1.76 bits per heavy atom. The van der Waals surface area contributed by atoms with Crippen LogP contribution in [0.5, 0.6) is 0 Å². The van der Waals surface area contributed by atoms with Gasteiger partial charge in [-0.2, -0.15) is 0 Å². The number of piperidine rings is 1. The van der Waals surface area contributed by atoms with E-state index in [2.05, 4.69) is 4.90 Å². The summed E-state index contributed by atoms with van der Waals surface area (Å²) in [6.07, 6.45) is 2.92. The number of likely N-dealkylation sites (tertiary alicyclic amines) is 1. The Hall–Kier alpha value is -1.63. The first kappa shape index (κ1) is 22.1. The van der Waals surface area contributed by atoms with Gasteiger partial charge in [0.2, 0.25) is 0 Å². The molecule has 6 heteroatoms. The summed E-state index contributed by atoms with van der Waals surface area (Å²) >= 11 is 7.47. The second kappa shape index (κ2) is 10.4. The molecule has 0 spiro atoms. The number of ketones is 1. The Labute approximate surface area is 181 Å². The van der Waals surface area contributed by atoms with Crippen molar-refractivity contribution in [1.29, 1.82) is 0 Å². The highest BCUT2D eigenvalue weighted by Crippen LogP contribution is 2.34. The summed E-state index contributed by atoms with van der Waals surface area (Å²) in [6.45, 7) is 2.17. The van der Waals surface area contributed by atoms with Crippen LogP contribution < -0.4 is 0 Å². The molecule has 29 heavy (non-hydrogen) atoms. The SMILES string of the molecule is O=C(C=C(CN1CCC(O)(c2ccc(Cl)cc2)CC1)SCCO)c1ccccc1. The van der Waals surface area contributed by atoms with Crippen LogP contribution in [-0.4, -0.2) is 52.9 Å². The Kier molecular flexibility index (Phi) is 7.92. The quantitative estimate of drug-likeness (QED) is 0.486. The molecule has 0 unspecified atom stereocenters. The van der Waals surface area contributed by atoms with E-state index < -0.39 is 5.60 Å². The normalized spacial score (nSPS) is 17.3. The zero-order valence-corrected chi connectivity index (χ0v) is 17.8. The van der Waals surface area contributed by atoms with E-state index in [4.69, 9.17) is 11.6 Å². The number of thioether (sulfide) groups is 1. The van der Waals surface area contributed by atoms with E-state index in [0.29, 0.717) is 35.7 Å². The monoisotopic (exact) mass is 431 g/mol. The number of benzene rings is 2. The molecule has 3 rings (SSSR count). The summed E-state index contributed by atoms with van der Waals surface area (Å²) in [5, 5.41) is 20.9. The Morgan fingerprint density at radius 1 is 1.10 bits per heavy atom. The first-order chi connectivity index (χ1) is 14.0. The van der Waals surface area contributed by atoms with Crippen molar-refractivity contribution in [3.8, 4) is 0 Å². The number of rotatable bonds is 8. The molecule has 1 aliphatic rings. The number of hydrogen-bond acceptors (Lipinski definition) is 5. The molecule has 0 aliphatic carbocycles. The summed E-state index contributed by atoms with van der Waals surface area (Å²) in [5.74, 6) is 0.525. The fourth-order valence-corrected chi connectivity index (χ4v) is 4.44. The first-order valence-corrected chi connectivity index (χ1v) is 11.1.